The Balaban J connectivity index is 2.02. The van der Waals surface area contributed by atoms with Crippen LogP contribution in [-0.4, -0.2) is 21.9 Å². The number of rotatable bonds is 2. The molecule has 2 heterocycles. The summed E-state index contributed by atoms with van der Waals surface area (Å²) in [4.78, 5) is 16.1. The van der Waals surface area contributed by atoms with Crippen molar-refractivity contribution in [2.75, 3.05) is 11.1 Å². The number of nitrogens with zero attached hydrogens (tertiary/aromatic N) is 1. The van der Waals surface area contributed by atoms with Crippen molar-refractivity contribution in [2.45, 2.75) is 31.4 Å². The van der Waals surface area contributed by atoms with E-state index < -0.39 is 0 Å². The third kappa shape index (κ3) is 3.36. The standard InChI is InChI=1S/C12H15ClN2OS/c1-8-9(5-6-11(13)14-8)15-12(16)10-4-2-3-7-17-10/h5-6,10H,2-4,7H2,1H3,(H,15,16). The van der Waals surface area contributed by atoms with Crippen LogP contribution in [0.25, 0.3) is 0 Å². The lowest BCUT2D eigenvalue weighted by Gasteiger charge is -2.20. The first-order valence-electron chi connectivity index (χ1n) is 5.72. The van der Waals surface area contributed by atoms with E-state index in [2.05, 4.69) is 10.3 Å². The summed E-state index contributed by atoms with van der Waals surface area (Å²) in [5.74, 6) is 1.16. The van der Waals surface area contributed by atoms with Crippen molar-refractivity contribution >= 4 is 35.0 Å². The predicted octanol–water partition coefficient (Wildman–Crippen LogP) is 3.27. The topological polar surface area (TPSA) is 42.0 Å². The minimum atomic E-state index is 0.0822. The van der Waals surface area contributed by atoms with Crippen molar-refractivity contribution in [3.63, 3.8) is 0 Å². The Morgan fingerprint density at radius 2 is 2.35 bits per heavy atom. The normalized spacial score (nSPS) is 20.0. The molecule has 1 unspecified atom stereocenters. The van der Waals surface area contributed by atoms with E-state index in [0.29, 0.717) is 5.15 Å². The average molecular weight is 271 g/mol. The zero-order chi connectivity index (χ0) is 12.3. The zero-order valence-corrected chi connectivity index (χ0v) is 11.3. The van der Waals surface area contributed by atoms with Crippen LogP contribution in [0.15, 0.2) is 12.1 Å². The number of carbonyl (C=O) groups is 1. The number of hydrogen-bond acceptors (Lipinski definition) is 3. The van der Waals surface area contributed by atoms with Crippen molar-refractivity contribution < 1.29 is 4.79 Å². The van der Waals surface area contributed by atoms with Crippen LogP contribution in [0.3, 0.4) is 0 Å². The minimum Gasteiger partial charge on any atom is -0.324 e. The van der Waals surface area contributed by atoms with E-state index in [9.17, 15) is 4.79 Å². The van der Waals surface area contributed by atoms with E-state index in [0.717, 1.165) is 30.0 Å². The molecule has 0 aliphatic carbocycles. The number of halogens is 1. The van der Waals surface area contributed by atoms with Gasteiger partial charge in [-0.2, -0.15) is 0 Å². The van der Waals surface area contributed by atoms with E-state index in [4.69, 9.17) is 11.6 Å². The molecule has 92 valence electrons. The lowest BCUT2D eigenvalue weighted by atomic mass is 10.2. The molecule has 1 aromatic heterocycles. The number of amides is 1. The zero-order valence-electron chi connectivity index (χ0n) is 9.70. The van der Waals surface area contributed by atoms with Crippen molar-refractivity contribution in [2.24, 2.45) is 0 Å². The van der Waals surface area contributed by atoms with Crippen LogP contribution < -0.4 is 5.32 Å². The summed E-state index contributed by atoms with van der Waals surface area (Å²) in [6.07, 6.45) is 3.33. The second-order valence-corrected chi connectivity index (χ2v) is 5.81. The van der Waals surface area contributed by atoms with Crippen LogP contribution in [0.5, 0.6) is 0 Å². The SMILES string of the molecule is Cc1nc(Cl)ccc1NC(=O)C1CCCCS1. The molecular formula is C12H15ClN2OS. The Kier molecular flexibility index (Phi) is 4.29. The van der Waals surface area contributed by atoms with Gasteiger partial charge in [0.2, 0.25) is 5.91 Å². The number of aromatic nitrogens is 1. The summed E-state index contributed by atoms with van der Waals surface area (Å²) in [5.41, 5.74) is 1.51. The van der Waals surface area contributed by atoms with Crippen LogP contribution in [0, 0.1) is 6.92 Å². The summed E-state index contributed by atoms with van der Waals surface area (Å²) in [6, 6.07) is 3.49. The first-order chi connectivity index (χ1) is 8.16. The van der Waals surface area contributed by atoms with E-state index in [1.165, 1.54) is 6.42 Å². The molecular weight excluding hydrogens is 256 g/mol. The van der Waals surface area contributed by atoms with E-state index in [1.54, 1.807) is 23.9 Å². The highest BCUT2D eigenvalue weighted by Gasteiger charge is 2.22. The fourth-order valence-electron chi connectivity index (χ4n) is 1.82. The van der Waals surface area contributed by atoms with Gasteiger partial charge in [-0.15, -0.1) is 11.8 Å². The van der Waals surface area contributed by atoms with Gasteiger partial charge in [0, 0.05) is 0 Å². The number of pyridine rings is 1. The Morgan fingerprint density at radius 1 is 1.53 bits per heavy atom. The monoisotopic (exact) mass is 270 g/mol. The summed E-state index contributed by atoms with van der Waals surface area (Å²) < 4.78 is 0. The van der Waals surface area contributed by atoms with Crippen LogP contribution in [0.2, 0.25) is 5.15 Å². The fraction of sp³-hybridized carbons (Fsp3) is 0.500. The molecule has 1 amide bonds. The van der Waals surface area contributed by atoms with Crippen molar-refractivity contribution in [1.29, 1.82) is 0 Å². The van der Waals surface area contributed by atoms with Gasteiger partial charge in [-0.1, -0.05) is 18.0 Å². The fourth-order valence-corrected chi connectivity index (χ4v) is 3.21. The molecule has 1 aliphatic heterocycles. The van der Waals surface area contributed by atoms with Gasteiger partial charge in [-0.3, -0.25) is 4.79 Å². The van der Waals surface area contributed by atoms with E-state index >= 15 is 0 Å². The number of hydrogen-bond donors (Lipinski definition) is 1. The Bertz CT molecular complexity index is 419. The molecule has 0 spiro atoms. The molecule has 0 saturated carbocycles. The highest BCUT2D eigenvalue weighted by atomic mass is 35.5. The molecule has 1 aliphatic rings. The second-order valence-electron chi connectivity index (χ2n) is 4.11. The van der Waals surface area contributed by atoms with Gasteiger partial charge in [0.15, 0.2) is 0 Å². The highest BCUT2D eigenvalue weighted by molar-refractivity contribution is 8.00. The van der Waals surface area contributed by atoms with E-state index in [1.807, 2.05) is 6.92 Å². The van der Waals surface area contributed by atoms with Gasteiger partial charge in [0.05, 0.1) is 16.6 Å². The summed E-state index contributed by atoms with van der Waals surface area (Å²) >= 11 is 7.52. The van der Waals surface area contributed by atoms with Gasteiger partial charge in [0.1, 0.15) is 5.15 Å². The number of nitrogens with one attached hydrogen (secondary N) is 1. The van der Waals surface area contributed by atoms with E-state index in [-0.39, 0.29) is 11.2 Å². The summed E-state index contributed by atoms with van der Waals surface area (Å²) in [6.45, 7) is 1.84. The average Bonchev–Trinajstić information content (AvgIpc) is 2.34. The maximum Gasteiger partial charge on any atom is 0.237 e. The van der Waals surface area contributed by atoms with Crippen LogP contribution in [-0.2, 0) is 4.79 Å². The Morgan fingerprint density at radius 3 is 3.00 bits per heavy atom. The van der Waals surface area contributed by atoms with Gasteiger partial charge >= 0.3 is 0 Å². The number of thioether (sulfide) groups is 1. The number of anilines is 1. The highest BCUT2D eigenvalue weighted by Crippen LogP contribution is 2.26. The third-order valence-corrected chi connectivity index (χ3v) is 4.37. The maximum absolute atomic E-state index is 12.0. The Hall–Kier alpha value is -0.740. The van der Waals surface area contributed by atoms with Crippen molar-refractivity contribution in [1.82, 2.24) is 4.98 Å². The number of carbonyl (C=O) groups excluding carboxylic acids is 1. The molecule has 0 bridgehead atoms. The summed E-state index contributed by atoms with van der Waals surface area (Å²) in [5, 5.41) is 3.46. The second kappa shape index (κ2) is 5.74. The summed E-state index contributed by atoms with van der Waals surface area (Å²) in [7, 11) is 0. The molecule has 2 rings (SSSR count). The van der Waals surface area contributed by atoms with Gasteiger partial charge in [-0.25, -0.2) is 4.98 Å². The first-order valence-corrected chi connectivity index (χ1v) is 7.15. The molecule has 0 radical (unpaired) electrons. The lowest BCUT2D eigenvalue weighted by Crippen LogP contribution is -2.27. The molecule has 17 heavy (non-hydrogen) atoms. The first kappa shape index (κ1) is 12.7. The number of aryl methyl sites for hydroxylation is 1. The largest absolute Gasteiger partial charge is 0.324 e. The van der Waals surface area contributed by atoms with Crippen LogP contribution in [0.1, 0.15) is 25.0 Å². The maximum atomic E-state index is 12.0. The molecule has 1 fully saturated rings. The third-order valence-electron chi connectivity index (χ3n) is 2.78. The molecule has 0 aromatic carbocycles. The van der Waals surface area contributed by atoms with Crippen LogP contribution >= 0.6 is 23.4 Å². The molecule has 1 N–H and O–H groups in total. The van der Waals surface area contributed by atoms with Crippen molar-refractivity contribution in [3.05, 3.63) is 23.0 Å². The van der Waals surface area contributed by atoms with Crippen LogP contribution in [0.4, 0.5) is 5.69 Å². The van der Waals surface area contributed by atoms with Crippen molar-refractivity contribution in [3.8, 4) is 0 Å². The molecule has 3 nitrogen and oxygen atoms in total. The van der Waals surface area contributed by atoms with Gasteiger partial charge < -0.3 is 5.32 Å². The predicted molar refractivity (Wildman–Crippen MR) is 72.7 cm³/mol. The minimum absolute atomic E-state index is 0.0822. The quantitative estimate of drug-likeness (QED) is 0.839. The molecule has 1 aromatic rings. The smallest absolute Gasteiger partial charge is 0.237 e. The molecule has 5 heteroatoms. The molecule has 1 saturated heterocycles. The molecule has 1 atom stereocenters. The Labute approximate surface area is 110 Å². The lowest BCUT2D eigenvalue weighted by molar-refractivity contribution is -0.115. The van der Waals surface area contributed by atoms with Gasteiger partial charge in [0.25, 0.3) is 0 Å². The van der Waals surface area contributed by atoms with Gasteiger partial charge in [-0.05, 0) is 37.7 Å².